The third-order valence-corrected chi connectivity index (χ3v) is 5.81. The number of ether oxygens (including phenoxy) is 1. The maximum absolute atomic E-state index is 12.6. The van der Waals surface area contributed by atoms with E-state index in [-0.39, 0.29) is 28.9 Å². The van der Waals surface area contributed by atoms with Crippen molar-refractivity contribution < 1.29 is 36.7 Å². The minimum Gasteiger partial charge on any atom is -0.457 e. The highest BCUT2D eigenvalue weighted by atomic mass is 32.2. The van der Waals surface area contributed by atoms with E-state index < -0.39 is 17.5 Å². The number of nitrogens with zero attached hydrogens (tertiary/aromatic N) is 2. The largest absolute Gasteiger partial charge is 0.573 e. The molecule has 0 saturated carbocycles. The van der Waals surface area contributed by atoms with Crippen LogP contribution in [-0.4, -0.2) is 52.9 Å². The summed E-state index contributed by atoms with van der Waals surface area (Å²) in [5.41, 5.74) is 0.503. The quantitative estimate of drug-likeness (QED) is 0.604. The lowest BCUT2D eigenvalue weighted by molar-refractivity contribution is -0.274. The van der Waals surface area contributed by atoms with Crippen LogP contribution >= 0.6 is 11.8 Å². The smallest absolute Gasteiger partial charge is 0.457 e. The van der Waals surface area contributed by atoms with E-state index in [1.807, 2.05) is 0 Å². The maximum atomic E-state index is 12.6. The molecule has 4 rings (SSSR count). The lowest BCUT2D eigenvalue weighted by atomic mass is 10.2. The zero-order valence-electron chi connectivity index (χ0n) is 16.6. The molecule has 0 N–H and O–H groups in total. The van der Waals surface area contributed by atoms with E-state index in [9.17, 15) is 27.6 Å². The second-order valence-electron chi connectivity index (χ2n) is 7.13. The summed E-state index contributed by atoms with van der Waals surface area (Å²) >= 11 is 0.718. The molecule has 2 aliphatic rings. The second kappa shape index (κ2) is 8.73. The number of carbonyl (C=O) groups is 3. The predicted molar refractivity (Wildman–Crippen MR) is 109 cm³/mol. The van der Waals surface area contributed by atoms with Gasteiger partial charge in [-0.2, -0.15) is 0 Å². The van der Waals surface area contributed by atoms with Gasteiger partial charge in [-0.15, -0.1) is 13.2 Å². The van der Waals surface area contributed by atoms with E-state index in [1.165, 1.54) is 18.2 Å². The summed E-state index contributed by atoms with van der Waals surface area (Å²) in [4.78, 5) is 39.8. The monoisotopic (exact) mass is 466 g/mol. The Labute approximate surface area is 184 Å². The minimum atomic E-state index is -4.78. The van der Waals surface area contributed by atoms with Gasteiger partial charge in [-0.3, -0.25) is 19.3 Å². The van der Waals surface area contributed by atoms with E-state index in [2.05, 4.69) is 4.74 Å². The van der Waals surface area contributed by atoms with Crippen LogP contribution in [0.1, 0.15) is 18.6 Å². The number of imide groups is 1. The molecule has 2 saturated heterocycles. The molecule has 1 aromatic heterocycles. The molecule has 0 bridgehead atoms. The van der Waals surface area contributed by atoms with Crippen LogP contribution in [0.2, 0.25) is 0 Å². The standard InChI is InChI=1S/C21H17F3N2O5S/c22-21(23,24)31-14-5-3-13(4-6-14)16-8-7-15(30-16)11-17-19(28)26(20(29)32-17)12-18(27)25-9-1-2-10-25/h3-8,11H,1-2,9-10,12H2/b17-11-. The van der Waals surface area contributed by atoms with Crippen molar-refractivity contribution in [2.45, 2.75) is 19.2 Å². The highest BCUT2D eigenvalue weighted by Crippen LogP contribution is 2.34. The van der Waals surface area contributed by atoms with Crippen LogP contribution in [0.5, 0.6) is 5.75 Å². The van der Waals surface area contributed by atoms with Crippen molar-refractivity contribution in [3.05, 3.63) is 47.1 Å². The van der Waals surface area contributed by atoms with Crippen LogP contribution in [0.25, 0.3) is 17.4 Å². The average molecular weight is 466 g/mol. The number of carbonyl (C=O) groups excluding carboxylic acids is 3. The van der Waals surface area contributed by atoms with Gasteiger partial charge in [0.15, 0.2) is 0 Å². The van der Waals surface area contributed by atoms with Gasteiger partial charge < -0.3 is 14.1 Å². The summed E-state index contributed by atoms with van der Waals surface area (Å²) in [5, 5.41) is -0.527. The molecule has 0 radical (unpaired) electrons. The lowest BCUT2D eigenvalue weighted by Crippen LogP contribution is -2.40. The topological polar surface area (TPSA) is 80.1 Å². The first-order chi connectivity index (χ1) is 15.2. The molecule has 0 unspecified atom stereocenters. The first-order valence-electron chi connectivity index (χ1n) is 9.69. The van der Waals surface area contributed by atoms with Gasteiger partial charge in [0.1, 0.15) is 23.8 Å². The molecule has 3 heterocycles. The Hall–Kier alpha value is -3.21. The summed E-state index contributed by atoms with van der Waals surface area (Å²) in [6, 6.07) is 8.29. The van der Waals surface area contributed by atoms with Gasteiger partial charge in [-0.1, -0.05) is 0 Å². The number of amides is 3. The summed E-state index contributed by atoms with van der Waals surface area (Å²) in [6.45, 7) is 0.963. The Morgan fingerprint density at radius 3 is 2.44 bits per heavy atom. The van der Waals surface area contributed by atoms with E-state index in [1.54, 1.807) is 17.0 Å². The van der Waals surface area contributed by atoms with E-state index in [4.69, 9.17) is 4.42 Å². The van der Waals surface area contributed by atoms with Crippen LogP contribution in [-0.2, 0) is 9.59 Å². The molecular formula is C21H17F3N2O5S. The Balaban J connectivity index is 1.44. The number of halogens is 3. The summed E-state index contributed by atoms with van der Waals surface area (Å²) in [6.07, 6.45) is -1.56. The van der Waals surface area contributed by atoms with Crippen LogP contribution < -0.4 is 4.74 Å². The number of rotatable bonds is 5. The van der Waals surface area contributed by atoms with Crippen LogP contribution in [0.15, 0.2) is 45.7 Å². The number of benzene rings is 1. The number of hydrogen-bond acceptors (Lipinski definition) is 6. The van der Waals surface area contributed by atoms with Gasteiger partial charge in [0.2, 0.25) is 5.91 Å². The van der Waals surface area contributed by atoms with Crippen LogP contribution in [0.3, 0.4) is 0 Å². The molecule has 3 amide bonds. The molecule has 0 atom stereocenters. The Kier molecular flexibility index (Phi) is 6.00. The summed E-state index contributed by atoms with van der Waals surface area (Å²) in [5.74, 6) is -0.543. The number of thioether (sulfide) groups is 1. The average Bonchev–Trinajstić information content (AvgIpc) is 3.46. The molecule has 168 valence electrons. The molecule has 2 aliphatic heterocycles. The highest BCUT2D eigenvalue weighted by Gasteiger charge is 2.37. The summed E-state index contributed by atoms with van der Waals surface area (Å²) in [7, 11) is 0. The van der Waals surface area contributed by atoms with Crippen molar-refractivity contribution in [1.82, 2.24) is 9.80 Å². The number of hydrogen-bond donors (Lipinski definition) is 0. The second-order valence-corrected chi connectivity index (χ2v) is 8.12. The molecular weight excluding hydrogens is 449 g/mol. The first-order valence-corrected chi connectivity index (χ1v) is 10.5. The van der Waals surface area contributed by atoms with Crippen molar-refractivity contribution in [3.8, 4) is 17.1 Å². The van der Waals surface area contributed by atoms with Crippen molar-refractivity contribution in [1.29, 1.82) is 0 Å². The van der Waals surface area contributed by atoms with Crippen molar-refractivity contribution in [3.63, 3.8) is 0 Å². The first kappa shape index (κ1) is 22.0. The summed E-state index contributed by atoms with van der Waals surface area (Å²) < 4.78 is 46.3. The van der Waals surface area contributed by atoms with E-state index in [0.717, 1.165) is 41.6 Å². The zero-order valence-corrected chi connectivity index (χ0v) is 17.4. The lowest BCUT2D eigenvalue weighted by Gasteiger charge is -2.18. The van der Waals surface area contributed by atoms with Crippen LogP contribution in [0, 0.1) is 0 Å². The van der Waals surface area contributed by atoms with Gasteiger partial charge >= 0.3 is 6.36 Å². The third kappa shape index (κ3) is 4.98. The third-order valence-electron chi connectivity index (χ3n) is 4.90. The molecule has 2 aromatic rings. The predicted octanol–water partition coefficient (Wildman–Crippen LogP) is 4.50. The Bertz CT molecular complexity index is 1070. The van der Waals surface area contributed by atoms with Gasteiger partial charge in [0.05, 0.1) is 4.91 Å². The fraction of sp³-hybridized carbons (Fsp3) is 0.286. The maximum Gasteiger partial charge on any atom is 0.573 e. The number of alkyl halides is 3. The van der Waals surface area contributed by atoms with Gasteiger partial charge in [-0.05, 0) is 61.0 Å². The van der Waals surface area contributed by atoms with Gasteiger partial charge in [0.25, 0.3) is 11.1 Å². The van der Waals surface area contributed by atoms with Gasteiger partial charge in [0, 0.05) is 24.7 Å². The molecule has 2 fully saturated rings. The van der Waals surface area contributed by atoms with E-state index >= 15 is 0 Å². The molecule has 1 aromatic carbocycles. The molecule has 11 heteroatoms. The fourth-order valence-corrected chi connectivity index (χ4v) is 4.19. The van der Waals surface area contributed by atoms with Gasteiger partial charge in [-0.25, -0.2) is 0 Å². The van der Waals surface area contributed by atoms with Crippen molar-refractivity contribution in [2.75, 3.05) is 19.6 Å². The number of likely N-dealkylation sites (tertiary alicyclic amines) is 1. The molecule has 7 nitrogen and oxygen atoms in total. The van der Waals surface area contributed by atoms with Crippen molar-refractivity contribution in [2.24, 2.45) is 0 Å². The molecule has 0 spiro atoms. The SMILES string of the molecule is O=C(CN1C(=O)S/C(=C\c2ccc(-c3ccc(OC(F)(F)F)cc3)o2)C1=O)N1CCCC1. The van der Waals surface area contributed by atoms with Crippen LogP contribution in [0.4, 0.5) is 18.0 Å². The highest BCUT2D eigenvalue weighted by molar-refractivity contribution is 8.18. The zero-order chi connectivity index (χ0) is 22.9. The van der Waals surface area contributed by atoms with Crippen molar-refractivity contribution >= 4 is 34.9 Å². The minimum absolute atomic E-state index is 0.124. The normalized spacial score (nSPS) is 18.2. The molecule has 0 aliphatic carbocycles. The Morgan fingerprint density at radius 1 is 1.09 bits per heavy atom. The van der Waals surface area contributed by atoms with E-state index in [0.29, 0.717) is 24.4 Å². The fourth-order valence-electron chi connectivity index (χ4n) is 3.37. The Morgan fingerprint density at radius 2 is 1.78 bits per heavy atom. The molecule has 32 heavy (non-hydrogen) atoms. The number of furan rings is 1.